The van der Waals surface area contributed by atoms with Crippen molar-refractivity contribution < 1.29 is 43.1 Å². The van der Waals surface area contributed by atoms with Crippen LogP contribution in [0.1, 0.15) is 45.9 Å². The maximum Gasteiger partial charge on any atom is 0.338 e. The summed E-state index contributed by atoms with van der Waals surface area (Å²) in [6.07, 6.45) is 0. The smallest absolute Gasteiger partial charge is 0.338 e. The SMILES string of the molecule is CCOC(=O)c1ccc(N[C@@H]2c3cc4c(cc3[C@H](c3cc(OC)c(O)c(OC)c3)[C@H]3C(=O)OCC23)OCO4)cc1. The van der Waals surface area contributed by atoms with E-state index in [2.05, 4.69) is 5.32 Å². The van der Waals surface area contributed by atoms with E-state index in [9.17, 15) is 14.7 Å². The van der Waals surface area contributed by atoms with Crippen LogP contribution in [0.5, 0.6) is 28.7 Å². The van der Waals surface area contributed by atoms with Crippen molar-refractivity contribution >= 4 is 17.6 Å². The molecule has 0 bridgehead atoms. The monoisotopic (exact) mass is 547 g/mol. The fourth-order valence-electron chi connectivity index (χ4n) is 5.94. The number of carbonyl (C=O) groups is 2. The van der Waals surface area contributed by atoms with E-state index in [0.29, 0.717) is 23.7 Å². The minimum absolute atomic E-state index is 0.103. The number of hydrogen-bond donors (Lipinski definition) is 2. The van der Waals surface area contributed by atoms with Gasteiger partial charge in [-0.15, -0.1) is 0 Å². The molecule has 10 nitrogen and oxygen atoms in total. The number of anilines is 1. The third-order valence-electron chi connectivity index (χ3n) is 7.77. The summed E-state index contributed by atoms with van der Waals surface area (Å²) in [5.41, 5.74) is 3.74. The summed E-state index contributed by atoms with van der Waals surface area (Å²) in [7, 11) is 2.93. The Labute approximate surface area is 230 Å². The van der Waals surface area contributed by atoms with E-state index in [1.807, 2.05) is 24.3 Å². The fourth-order valence-corrected chi connectivity index (χ4v) is 5.94. The van der Waals surface area contributed by atoms with Gasteiger partial charge in [-0.3, -0.25) is 4.79 Å². The van der Waals surface area contributed by atoms with Gasteiger partial charge in [-0.25, -0.2) is 4.79 Å². The molecule has 0 amide bonds. The van der Waals surface area contributed by atoms with Gasteiger partial charge in [-0.1, -0.05) is 0 Å². The van der Waals surface area contributed by atoms with Crippen LogP contribution < -0.4 is 24.3 Å². The van der Waals surface area contributed by atoms with Crippen molar-refractivity contribution in [2.75, 3.05) is 39.5 Å². The van der Waals surface area contributed by atoms with Gasteiger partial charge in [-0.05, 0) is 72.1 Å². The van der Waals surface area contributed by atoms with E-state index < -0.39 is 11.8 Å². The number of ether oxygens (including phenoxy) is 6. The number of fused-ring (bicyclic) bond motifs is 3. The number of nitrogens with one attached hydrogen (secondary N) is 1. The molecule has 208 valence electrons. The molecule has 0 saturated carbocycles. The predicted octanol–water partition coefficient (Wildman–Crippen LogP) is 4.40. The van der Waals surface area contributed by atoms with Crippen LogP contribution in [0, 0.1) is 11.8 Å². The molecule has 0 radical (unpaired) electrons. The van der Waals surface area contributed by atoms with Crippen molar-refractivity contribution in [3.8, 4) is 28.7 Å². The van der Waals surface area contributed by atoms with Crippen LogP contribution in [-0.2, 0) is 14.3 Å². The molecule has 6 rings (SSSR count). The Balaban J connectivity index is 1.47. The maximum absolute atomic E-state index is 13.3. The molecule has 1 unspecified atom stereocenters. The number of phenolic OH excluding ortho intramolecular Hbond substituents is 1. The first-order valence-corrected chi connectivity index (χ1v) is 13.0. The molecule has 1 saturated heterocycles. The molecular weight excluding hydrogens is 518 g/mol. The molecule has 1 aliphatic carbocycles. The number of carbonyl (C=O) groups excluding carboxylic acids is 2. The van der Waals surface area contributed by atoms with Gasteiger partial charge in [0.2, 0.25) is 12.5 Å². The van der Waals surface area contributed by atoms with Crippen molar-refractivity contribution in [1.29, 1.82) is 0 Å². The zero-order valence-corrected chi connectivity index (χ0v) is 22.3. The number of esters is 2. The first-order chi connectivity index (χ1) is 19.4. The fraction of sp³-hybridized carbons (Fsp3) is 0.333. The largest absolute Gasteiger partial charge is 0.502 e. The minimum Gasteiger partial charge on any atom is -0.502 e. The van der Waals surface area contributed by atoms with Gasteiger partial charge < -0.3 is 38.8 Å². The highest BCUT2D eigenvalue weighted by molar-refractivity contribution is 5.89. The molecule has 40 heavy (non-hydrogen) atoms. The number of benzene rings is 3. The molecule has 3 aromatic carbocycles. The molecule has 2 aliphatic heterocycles. The van der Waals surface area contributed by atoms with Crippen molar-refractivity contribution in [1.82, 2.24) is 0 Å². The molecule has 4 atom stereocenters. The minimum atomic E-state index is -0.539. The van der Waals surface area contributed by atoms with E-state index in [0.717, 1.165) is 22.4 Å². The first kappa shape index (κ1) is 25.7. The lowest BCUT2D eigenvalue weighted by Gasteiger charge is -2.40. The lowest BCUT2D eigenvalue weighted by atomic mass is 9.65. The first-order valence-electron chi connectivity index (χ1n) is 13.0. The predicted molar refractivity (Wildman–Crippen MR) is 142 cm³/mol. The average molecular weight is 548 g/mol. The normalized spacial score (nSPS) is 22.1. The highest BCUT2D eigenvalue weighted by atomic mass is 16.7. The zero-order chi connectivity index (χ0) is 28.0. The van der Waals surface area contributed by atoms with Gasteiger partial charge >= 0.3 is 11.9 Å². The Morgan fingerprint density at radius 1 is 0.975 bits per heavy atom. The third-order valence-corrected chi connectivity index (χ3v) is 7.77. The lowest BCUT2D eigenvalue weighted by Crippen LogP contribution is -2.37. The van der Waals surface area contributed by atoms with Crippen LogP contribution in [0.4, 0.5) is 5.69 Å². The van der Waals surface area contributed by atoms with E-state index in [-0.39, 0.29) is 54.5 Å². The van der Waals surface area contributed by atoms with E-state index in [4.69, 9.17) is 28.4 Å². The van der Waals surface area contributed by atoms with Gasteiger partial charge in [0.25, 0.3) is 0 Å². The summed E-state index contributed by atoms with van der Waals surface area (Å²) in [5, 5.41) is 14.1. The van der Waals surface area contributed by atoms with Gasteiger partial charge in [0.15, 0.2) is 23.0 Å². The Kier molecular flexibility index (Phi) is 6.53. The van der Waals surface area contributed by atoms with Crippen molar-refractivity contribution in [2.24, 2.45) is 11.8 Å². The van der Waals surface area contributed by atoms with Gasteiger partial charge in [0.05, 0.1) is 45.0 Å². The van der Waals surface area contributed by atoms with Crippen LogP contribution >= 0.6 is 0 Å². The highest BCUT2D eigenvalue weighted by Crippen LogP contribution is 2.56. The van der Waals surface area contributed by atoms with Gasteiger partial charge in [0.1, 0.15) is 0 Å². The number of hydrogen-bond acceptors (Lipinski definition) is 10. The Morgan fingerprint density at radius 3 is 2.25 bits per heavy atom. The number of cyclic esters (lactones) is 1. The molecule has 0 aromatic heterocycles. The molecule has 1 fully saturated rings. The van der Waals surface area contributed by atoms with Crippen LogP contribution in [0.15, 0.2) is 48.5 Å². The van der Waals surface area contributed by atoms with Crippen LogP contribution in [0.2, 0.25) is 0 Å². The highest BCUT2D eigenvalue weighted by Gasteiger charge is 2.52. The number of methoxy groups -OCH3 is 2. The summed E-state index contributed by atoms with van der Waals surface area (Å²) < 4.78 is 33.0. The second kappa shape index (κ2) is 10.2. The van der Waals surface area contributed by atoms with Crippen LogP contribution in [-0.4, -0.2) is 51.3 Å². The summed E-state index contributed by atoms with van der Waals surface area (Å²) in [4.78, 5) is 25.5. The van der Waals surface area contributed by atoms with Crippen LogP contribution in [0.25, 0.3) is 0 Å². The number of aromatic hydroxyl groups is 1. The average Bonchev–Trinajstić information content (AvgIpc) is 3.59. The summed E-state index contributed by atoms with van der Waals surface area (Å²) in [5.74, 6) is -0.345. The van der Waals surface area contributed by atoms with Crippen molar-refractivity contribution in [3.63, 3.8) is 0 Å². The lowest BCUT2D eigenvalue weighted by molar-refractivity contribution is -0.141. The number of rotatable bonds is 7. The van der Waals surface area contributed by atoms with Gasteiger partial charge in [-0.2, -0.15) is 0 Å². The molecular formula is C30H29NO9. The van der Waals surface area contributed by atoms with Crippen molar-refractivity contribution in [2.45, 2.75) is 18.9 Å². The Hall–Kier alpha value is -4.60. The van der Waals surface area contributed by atoms with Gasteiger partial charge in [0, 0.05) is 17.5 Å². The Bertz CT molecular complexity index is 1440. The molecule has 0 spiro atoms. The molecule has 2 heterocycles. The van der Waals surface area contributed by atoms with E-state index in [1.165, 1.54) is 14.2 Å². The summed E-state index contributed by atoms with van der Waals surface area (Å²) in [6.45, 7) is 2.38. The standard InChI is InChI=1S/C30H29NO9/c1-4-37-29(33)15-5-7-17(8-6-15)31-27-19-12-22-21(39-14-40-22)11-18(19)25(26-20(27)13-38-30(26)34)16-9-23(35-2)28(32)24(10-16)36-3/h5-12,20,25-27,31-32H,4,13-14H2,1-3H3/t20?,25-,26-,27+/m0/s1. The van der Waals surface area contributed by atoms with Crippen LogP contribution in [0.3, 0.4) is 0 Å². The zero-order valence-electron chi connectivity index (χ0n) is 22.3. The Morgan fingerprint density at radius 2 is 1.62 bits per heavy atom. The van der Waals surface area contributed by atoms with E-state index in [1.54, 1.807) is 31.2 Å². The molecule has 3 aliphatic rings. The molecule has 10 heteroatoms. The van der Waals surface area contributed by atoms with E-state index >= 15 is 0 Å². The molecule has 2 N–H and O–H groups in total. The second-order valence-corrected chi connectivity index (χ2v) is 9.83. The topological polar surface area (TPSA) is 122 Å². The van der Waals surface area contributed by atoms with Crippen molar-refractivity contribution in [3.05, 3.63) is 70.8 Å². The maximum atomic E-state index is 13.3. The summed E-state index contributed by atoms with van der Waals surface area (Å²) >= 11 is 0. The number of phenols is 1. The summed E-state index contributed by atoms with van der Waals surface area (Å²) in [6, 6.07) is 14.0. The molecule has 3 aromatic rings. The third kappa shape index (κ3) is 4.20. The quantitative estimate of drug-likeness (QED) is 0.412. The second-order valence-electron chi connectivity index (χ2n) is 9.83.